The molecule has 3 heterocycles. The third-order valence-electron chi connectivity index (χ3n) is 5.56. The first kappa shape index (κ1) is 23.3. The molecule has 4 atom stereocenters. The van der Waals surface area contributed by atoms with Gasteiger partial charge in [0.05, 0.1) is 18.5 Å². The van der Waals surface area contributed by atoms with Gasteiger partial charge in [0.15, 0.2) is 28.8 Å². The van der Waals surface area contributed by atoms with E-state index in [1.807, 2.05) is 6.92 Å². The highest BCUT2D eigenvalue weighted by Gasteiger charge is 2.59. The first-order chi connectivity index (χ1) is 15.8. The van der Waals surface area contributed by atoms with E-state index >= 15 is 4.39 Å². The number of imidazole rings is 1. The molecule has 33 heavy (non-hydrogen) atoms. The maximum absolute atomic E-state index is 15.8. The van der Waals surface area contributed by atoms with Crippen LogP contribution in [-0.2, 0) is 14.2 Å². The van der Waals surface area contributed by atoms with E-state index in [0.717, 1.165) is 12.8 Å². The Labute approximate surface area is 195 Å². The average Bonchev–Trinajstić information content (AvgIpc) is 3.31. The molecular formula is C22H25ClFN5O4. The van der Waals surface area contributed by atoms with Crippen LogP contribution >= 0.6 is 11.6 Å². The van der Waals surface area contributed by atoms with Gasteiger partial charge in [-0.1, -0.05) is 43.1 Å². The van der Waals surface area contributed by atoms with Crippen molar-refractivity contribution in [1.29, 1.82) is 0 Å². The number of hydrogen-bond acceptors (Lipinski definition) is 8. The second kappa shape index (κ2) is 9.58. The van der Waals surface area contributed by atoms with E-state index in [4.69, 9.17) is 31.5 Å². The van der Waals surface area contributed by atoms with Crippen molar-refractivity contribution >= 4 is 34.7 Å². The number of benzene rings is 1. The molecule has 2 aromatic heterocycles. The van der Waals surface area contributed by atoms with E-state index < -0.39 is 30.1 Å². The van der Waals surface area contributed by atoms with Gasteiger partial charge in [-0.05, 0) is 25.5 Å². The van der Waals surface area contributed by atoms with E-state index in [-0.39, 0.29) is 34.4 Å². The molecular weight excluding hydrogens is 453 g/mol. The molecule has 1 aliphatic heterocycles. The number of nitrogens with two attached hydrogens (primary N) is 1. The predicted molar refractivity (Wildman–Crippen MR) is 120 cm³/mol. The normalized spacial score (nSPS) is 24.9. The molecule has 0 spiro atoms. The lowest BCUT2D eigenvalue weighted by molar-refractivity contribution is -0.101. The highest BCUT2D eigenvalue weighted by Crippen LogP contribution is 2.44. The second-order valence-electron chi connectivity index (χ2n) is 7.99. The number of unbranched alkanes of at least 4 members (excludes halogenated alkanes) is 1. The second-order valence-corrected chi connectivity index (χ2v) is 8.35. The molecule has 1 fully saturated rings. The summed E-state index contributed by atoms with van der Waals surface area (Å²) >= 11 is 6.15. The molecule has 3 aromatic rings. The number of esters is 1. The SMILES string of the molecule is CCCCOC[C@H]1O[C@@H](n2cnc3c(Cl)nc(N)nc32)[C@](C)(OC(=O)c2ccccc2)[C@@H]1F. The van der Waals surface area contributed by atoms with Crippen LogP contribution in [0, 0.1) is 0 Å². The third kappa shape index (κ3) is 4.50. The number of carbonyl (C=O) groups excluding carboxylic acids is 1. The summed E-state index contributed by atoms with van der Waals surface area (Å²) in [5, 5.41) is 0.0495. The van der Waals surface area contributed by atoms with Gasteiger partial charge in [-0.15, -0.1) is 0 Å². The van der Waals surface area contributed by atoms with Crippen molar-refractivity contribution in [3.05, 3.63) is 47.4 Å². The van der Waals surface area contributed by atoms with Crippen LogP contribution in [0.2, 0.25) is 5.15 Å². The van der Waals surface area contributed by atoms with Crippen LogP contribution < -0.4 is 5.73 Å². The minimum atomic E-state index is -1.72. The van der Waals surface area contributed by atoms with Crippen molar-refractivity contribution in [3.8, 4) is 0 Å². The first-order valence-corrected chi connectivity index (χ1v) is 11.0. The number of aromatic nitrogens is 4. The van der Waals surface area contributed by atoms with Crippen LogP contribution in [0.5, 0.6) is 0 Å². The van der Waals surface area contributed by atoms with Gasteiger partial charge < -0.3 is 19.9 Å². The lowest BCUT2D eigenvalue weighted by Crippen LogP contribution is -2.46. The predicted octanol–water partition coefficient (Wildman–Crippen LogP) is 3.73. The summed E-state index contributed by atoms with van der Waals surface area (Å²) in [7, 11) is 0. The van der Waals surface area contributed by atoms with Crippen molar-refractivity contribution in [2.45, 2.75) is 50.8 Å². The molecule has 176 valence electrons. The number of fused-ring (bicyclic) bond motifs is 1. The Kier molecular flexibility index (Phi) is 6.78. The smallest absolute Gasteiger partial charge is 0.338 e. The van der Waals surface area contributed by atoms with Gasteiger partial charge in [0.1, 0.15) is 11.6 Å². The molecule has 0 radical (unpaired) electrons. The highest BCUT2D eigenvalue weighted by molar-refractivity contribution is 6.33. The van der Waals surface area contributed by atoms with E-state index in [1.54, 1.807) is 30.3 Å². The molecule has 0 saturated carbocycles. The average molecular weight is 478 g/mol. The maximum Gasteiger partial charge on any atom is 0.338 e. The highest BCUT2D eigenvalue weighted by atomic mass is 35.5. The standard InChI is InChI=1S/C22H25ClFN5O4/c1-3-4-10-31-11-14-16(24)22(2,33-19(30)13-8-6-5-7-9-13)20(32-14)29-12-26-15-17(23)27-21(25)28-18(15)29/h5-9,12,14,16,20H,3-4,10-11H2,1-2H3,(H2,25,27,28)/t14-,16-,20-,22-/m1/s1. The van der Waals surface area contributed by atoms with Gasteiger partial charge in [-0.3, -0.25) is 4.57 Å². The van der Waals surface area contributed by atoms with Gasteiger partial charge in [0.2, 0.25) is 5.95 Å². The van der Waals surface area contributed by atoms with Crippen LogP contribution in [0.15, 0.2) is 36.7 Å². The maximum atomic E-state index is 15.8. The number of alkyl halides is 1. The Morgan fingerprint density at radius 2 is 2.09 bits per heavy atom. The van der Waals surface area contributed by atoms with Gasteiger partial charge in [0.25, 0.3) is 0 Å². The zero-order valence-electron chi connectivity index (χ0n) is 18.3. The summed E-state index contributed by atoms with van der Waals surface area (Å²) in [5.41, 5.74) is 4.83. The fourth-order valence-electron chi connectivity index (χ4n) is 3.80. The van der Waals surface area contributed by atoms with Crippen molar-refractivity contribution in [2.75, 3.05) is 18.9 Å². The summed E-state index contributed by atoms with van der Waals surface area (Å²) in [6.07, 6.45) is -0.597. The Morgan fingerprint density at radius 3 is 2.82 bits per heavy atom. The minimum Gasteiger partial charge on any atom is -0.448 e. The van der Waals surface area contributed by atoms with Crippen molar-refractivity contribution in [2.24, 2.45) is 0 Å². The molecule has 9 nitrogen and oxygen atoms in total. The summed E-state index contributed by atoms with van der Waals surface area (Å²) in [6.45, 7) is 3.99. The molecule has 0 unspecified atom stereocenters. The van der Waals surface area contributed by atoms with Gasteiger partial charge >= 0.3 is 5.97 Å². The quantitative estimate of drug-likeness (QED) is 0.296. The molecule has 11 heteroatoms. The Hall–Kier alpha value is -2.82. The lowest BCUT2D eigenvalue weighted by atomic mass is 9.97. The summed E-state index contributed by atoms with van der Waals surface area (Å²) in [6, 6.07) is 8.35. The lowest BCUT2D eigenvalue weighted by Gasteiger charge is -2.31. The van der Waals surface area contributed by atoms with Crippen LogP contribution in [0.3, 0.4) is 0 Å². The van der Waals surface area contributed by atoms with E-state index in [1.165, 1.54) is 17.8 Å². The number of nitrogens with zero attached hydrogens (tertiary/aromatic N) is 4. The van der Waals surface area contributed by atoms with E-state index in [9.17, 15) is 4.79 Å². The topological polar surface area (TPSA) is 114 Å². The molecule has 1 aliphatic rings. The van der Waals surface area contributed by atoms with Crippen molar-refractivity contribution in [1.82, 2.24) is 19.5 Å². The molecule has 0 aliphatic carbocycles. The Balaban J connectivity index is 1.70. The zero-order chi connectivity index (χ0) is 23.6. The van der Waals surface area contributed by atoms with Crippen molar-refractivity contribution in [3.63, 3.8) is 0 Å². The molecule has 2 N–H and O–H groups in total. The van der Waals surface area contributed by atoms with E-state index in [0.29, 0.717) is 6.61 Å². The first-order valence-electron chi connectivity index (χ1n) is 10.7. The Morgan fingerprint density at radius 1 is 1.33 bits per heavy atom. The zero-order valence-corrected chi connectivity index (χ0v) is 19.0. The van der Waals surface area contributed by atoms with E-state index in [2.05, 4.69) is 15.0 Å². The summed E-state index contributed by atoms with van der Waals surface area (Å²) in [4.78, 5) is 25.2. The number of anilines is 1. The van der Waals surface area contributed by atoms with Crippen LogP contribution in [0.4, 0.5) is 10.3 Å². The number of rotatable bonds is 8. The molecule has 1 aromatic carbocycles. The van der Waals surface area contributed by atoms with Crippen molar-refractivity contribution < 1.29 is 23.4 Å². The van der Waals surface area contributed by atoms with Crippen LogP contribution in [0.1, 0.15) is 43.3 Å². The van der Waals surface area contributed by atoms with Crippen LogP contribution in [0.25, 0.3) is 11.2 Å². The fourth-order valence-corrected chi connectivity index (χ4v) is 4.02. The summed E-state index contributed by atoms with van der Waals surface area (Å²) in [5.74, 6) is -0.759. The van der Waals surface area contributed by atoms with Crippen LogP contribution in [-0.4, -0.2) is 56.6 Å². The minimum absolute atomic E-state index is 0.000648. The number of carbonyl (C=O) groups is 1. The van der Waals surface area contributed by atoms with Gasteiger partial charge in [-0.2, -0.15) is 9.97 Å². The fraction of sp³-hybridized carbons (Fsp3) is 0.455. The third-order valence-corrected chi connectivity index (χ3v) is 5.83. The number of ether oxygens (including phenoxy) is 3. The molecule has 0 bridgehead atoms. The molecule has 4 rings (SSSR count). The molecule has 1 saturated heterocycles. The Bertz CT molecular complexity index is 1130. The van der Waals surface area contributed by atoms with Gasteiger partial charge in [-0.25, -0.2) is 14.2 Å². The largest absolute Gasteiger partial charge is 0.448 e. The number of nitrogen functional groups attached to an aromatic ring is 1. The summed E-state index contributed by atoms with van der Waals surface area (Å²) < 4.78 is 34.7. The monoisotopic (exact) mass is 477 g/mol. The number of hydrogen-bond donors (Lipinski definition) is 1. The van der Waals surface area contributed by atoms with Gasteiger partial charge in [0, 0.05) is 6.61 Å². The molecule has 0 amide bonds. The number of halogens is 2.